The van der Waals surface area contributed by atoms with E-state index in [0.717, 1.165) is 94.7 Å². The van der Waals surface area contributed by atoms with Gasteiger partial charge in [0.15, 0.2) is 0 Å². The number of rotatable bonds is 6. The summed E-state index contributed by atoms with van der Waals surface area (Å²) in [5.41, 5.74) is 18.7. The summed E-state index contributed by atoms with van der Waals surface area (Å²) in [7, 11) is 0. The second kappa shape index (κ2) is 16.1. The van der Waals surface area contributed by atoms with E-state index < -0.39 is 0 Å². The Morgan fingerprint density at radius 1 is 0.143 bits per heavy atom. The Labute approximate surface area is 442 Å². The van der Waals surface area contributed by atoms with E-state index in [1.165, 1.54) is 53.9 Å². The molecule has 0 bridgehead atoms. The van der Waals surface area contributed by atoms with Crippen LogP contribution >= 0.6 is 0 Å². The molecule has 0 aliphatic rings. The van der Waals surface area contributed by atoms with Gasteiger partial charge in [-0.05, 0) is 66.2 Å². The summed E-state index contributed by atoms with van der Waals surface area (Å²) in [4.78, 5) is 0. The highest BCUT2D eigenvalue weighted by Crippen LogP contribution is 2.54. The molecule has 0 spiro atoms. The average molecular weight is 980 g/mol. The van der Waals surface area contributed by atoms with Crippen LogP contribution in [-0.4, -0.2) is 22.8 Å². The molecule has 358 valence electrons. The molecule has 0 fully saturated rings. The molecule has 5 heterocycles. The Morgan fingerprint density at radius 3 is 0.506 bits per heavy atom. The lowest BCUT2D eigenvalue weighted by molar-refractivity contribution is 1.00. The van der Waals surface area contributed by atoms with Crippen molar-refractivity contribution < 1.29 is 0 Å². The summed E-state index contributed by atoms with van der Waals surface area (Å²) >= 11 is 0. The van der Waals surface area contributed by atoms with Crippen LogP contribution in [0.25, 0.3) is 149 Å². The highest BCUT2D eigenvalue weighted by Gasteiger charge is 2.36. The molecule has 0 aliphatic heterocycles. The summed E-state index contributed by atoms with van der Waals surface area (Å²) < 4.78 is 13.1. The van der Waals surface area contributed by atoms with E-state index in [4.69, 9.17) is 0 Å². The third-order valence-electron chi connectivity index (χ3n) is 16.5. The maximum Gasteiger partial charge on any atom is 0.0991 e. The molecule has 0 atom stereocenters. The quantitative estimate of drug-likeness (QED) is 0.159. The van der Waals surface area contributed by atoms with Crippen LogP contribution < -0.4 is 0 Å². The number of hydrogen-bond donors (Lipinski definition) is 0. The predicted octanol–water partition coefficient (Wildman–Crippen LogP) is 18.8. The molecule has 5 heteroatoms. The first-order valence-corrected chi connectivity index (χ1v) is 26.5. The van der Waals surface area contributed by atoms with Crippen LogP contribution in [0.1, 0.15) is 0 Å². The smallest absolute Gasteiger partial charge is 0.0991 e. The van der Waals surface area contributed by atoms with Gasteiger partial charge in [0.05, 0.1) is 83.6 Å². The van der Waals surface area contributed by atoms with Crippen LogP contribution in [0.3, 0.4) is 0 Å². The highest BCUT2D eigenvalue weighted by molar-refractivity contribution is 6.19. The van der Waals surface area contributed by atoms with Crippen LogP contribution in [0.4, 0.5) is 0 Å². The van der Waals surface area contributed by atoms with Gasteiger partial charge in [-0.25, -0.2) is 0 Å². The lowest BCUT2D eigenvalue weighted by atomic mass is 9.95. The van der Waals surface area contributed by atoms with Crippen molar-refractivity contribution in [2.45, 2.75) is 0 Å². The number of hydrogen-bond acceptors (Lipinski definition) is 0. The summed E-state index contributed by atoms with van der Waals surface area (Å²) in [5, 5.41) is 11.9. The van der Waals surface area contributed by atoms with E-state index in [-0.39, 0.29) is 0 Å². The topological polar surface area (TPSA) is 24.6 Å². The first kappa shape index (κ1) is 42.0. The number of para-hydroxylation sites is 10. The molecular weight excluding hydrogens is 935 g/mol. The van der Waals surface area contributed by atoms with Crippen molar-refractivity contribution in [1.82, 2.24) is 22.8 Å². The van der Waals surface area contributed by atoms with Crippen molar-refractivity contribution in [3.63, 3.8) is 0 Å². The predicted molar refractivity (Wildman–Crippen MR) is 324 cm³/mol. The van der Waals surface area contributed by atoms with Gasteiger partial charge < -0.3 is 22.8 Å². The van der Waals surface area contributed by atoms with Gasteiger partial charge in [-0.15, -0.1) is 0 Å². The van der Waals surface area contributed by atoms with Crippen LogP contribution in [-0.2, 0) is 0 Å². The van der Waals surface area contributed by atoms with Gasteiger partial charge in [0.25, 0.3) is 0 Å². The second-order valence-corrected chi connectivity index (χ2v) is 20.3. The average Bonchev–Trinajstić information content (AvgIpc) is 4.47. The van der Waals surface area contributed by atoms with Crippen molar-refractivity contribution in [1.29, 1.82) is 0 Å². The van der Waals surface area contributed by atoms with Crippen molar-refractivity contribution in [2.24, 2.45) is 0 Å². The van der Waals surface area contributed by atoms with Gasteiger partial charge >= 0.3 is 0 Å². The number of fused-ring (bicyclic) bond motifs is 15. The summed E-state index contributed by atoms with van der Waals surface area (Å²) in [6.07, 6.45) is 0. The molecule has 5 aromatic heterocycles. The maximum absolute atomic E-state index is 2.62. The van der Waals surface area contributed by atoms with Crippen LogP contribution in [0.5, 0.6) is 0 Å². The zero-order valence-corrected chi connectivity index (χ0v) is 41.7. The fourth-order valence-corrected chi connectivity index (χ4v) is 13.5. The molecule has 17 rings (SSSR count). The Balaban J connectivity index is 1.30. The van der Waals surface area contributed by atoms with E-state index in [9.17, 15) is 0 Å². The molecule has 0 radical (unpaired) electrons. The number of benzene rings is 12. The fourth-order valence-electron chi connectivity index (χ4n) is 13.5. The SMILES string of the molecule is c1ccc(-c2c(-n3c4ccccc4c4ccccc43)c(-n3c4ccccc4c4ccccc43)c(-n3c4ccccc4c4ccccc43)c(-n3c4ccccc4c4ccccc43)c2-n2c3ccccc3c3ccccc32)cc1. The van der Waals surface area contributed by atoms with Crippen LogP contribution in [0, 0.1) is 0 Å². The van der Waals surface area contributed by atoms with Crippen LogP contribution in [0.2, 0.25) is 0 Å². The molecule has 77 heavy (non-hydrogen) atoms. The fraction of sp³-hybridized carbons (Fsp3) is 0. The zero-order valence-electron chi connectivity index (χ0n) is 41.7. The Hall–Kier alpha value is -10.4. The summed E-state index contributed by atoms with van der Waals surface area (Å²) in [5.74, 6) is 0. The summed E-state index contributed by atoms with van der Waals surface area (Å²) in [6.45, 7) is 0. The van der Waals surface area contributed by atoms with Crippen molar-refractivity contribution in [3.8, 4) is 39.6 Å². The van der Waals surface area contributed by atoms with E-state index in [0.29, 0.717) is 0 Å². The number of nitrogens with zero attached hydrogens (tertiary/aromatic N) is 5. The molecule has 0 aliphatic carbocycles. The normalized spacial score (nSPS) is 12.2. The first-order chi connectivity index (χ1) is 38.3. The van der Waals surface area contributed by atoms with Crippen LogP contribution in [0.15, 0.2) is 273 Å². The minimum absolute atomic E-state index is 1.05. The Bertz CT molecular complexity index is 4770. The van der Waals surface area contributed by atoms with E-state index in [2.05, 4.69) is 296 Å². The molecule has 17 aromatic rings. The van der Waals surface area contributed by atoms with Gasteiger partial charge in [0.2, 0.25) is 0 Å². The second-order valence-electron chi connectivity index (χ2n) is 20.3. The largest absolute Gasteiger partial charge is 0.306 e. The third-order valence-corrected chi connectivity index (χ3v) is 16.5. The number of aromatic nitrogens is 5. The van der Waals surface area contributed by atoms with E-state index in [1.54, 1.807) is 0 Å². The van der Waals surface area contributed by atoms with Crippen molar-refractivity contribution in [3.05, 3.63) is 273 Å². The molecule has 0 unspecified atom stereocenters. The molecule has 0 amide bonds. The standard InChI is InChI=1S/C72H45N5/c1-2-24-46(25-3-1)67-68(73-57-36-14-4-26-47(57)48-27-5-15-37-58(48)73)70(75-61-40-18-8-30-51(61)52-31-9-19-41-62(52)75)72(77-65-44-22-12-34-55(65)56-35-13-23-45-66(56)77)71(76-63-42-20-10-32-53(63)54-33-11-21-43-64(54)76)69(67)74-59-38-16-6-28-49(59)50-29-7-17-39-60(50)74/h1-45H. The van der Waals surface area contributed by atoms with E-state index in [1.807, 2.05) is 0 Å². The van der Waals surface area contributed by atoms with Gasteiger partial charge in [-0.1, -0.05) is 212 Å². The molecule has 12 aromatic carbocycles. The van der Waals surface area contributed by atoms with E-state index >= 15 is 0 Å². The molecule has 0 N–H and O–H groups in total. The maximum atomic E-state index is 2.62. The summed E-state index contributed by atoms with van der Waals surface area (Å²) in [6, 6.07) is 101. The Kier molecular flexibility index (Phi) is 8.77. The molecule has 0 saturated carbocycles. The zero-order chi connectivity index (χ0) is 50.3. The molecule has 5 nitrogen and oxygen atoms in total. The first-order valence-electron chi connectivity index (χ1n) is 26.5. The lowest BCUT2D eigenvalue weighted by Gasteiger charge is -2.32. The minimum atomic E-state index is 1.05. The van der Waals surface area contributed by atoms with Gasteiger partial charge in [-0.2, -0.15) is 0 Å². The van der Waals surface area contributed by atoms with Gasteiger partial charge in [0, 0.05) is 59.4 Å². The molecule has 0 saturated heterocycles. The monoisotopic (exact) mass is 979 g/mol. The minimum Gasteiger partial charge on any atom is -0.306 e. The Morgan fingerprint density at radius 2 is 0.299 bits per heavy atom. The third kappa shape index (κ3) is 5.72. The lowest BCUT2D eigenvalue weighted by Crippen LogP contribution is -2.18. The van der Waals surface area contributed by atoms with Crippen molar-refractivity contribution >= 4 is 109 Å². The highest BCUT2D eigenvalue weighted by atomic mass is 15.2. The molecular formula is C72H45N5. The van der Waals surface area contributed by atoms with Gasteiger partial charge in [-0.3, -0.25) is 0 Å². The van der Waals surface area contributed by atoms with Crippen molar-refractivity contribution in [2.75, 3.05) is 0 Å². The van der Waals surface area contributed by atoms with Gasteiger partial charge in [0.1, 0.15) is 0 Å².